The Balaban J connectivity index is 2.13. The van der Waals surface area contributed by atoms with Crippen LogP contribution in [0.4, 0.5) is 4.39 Å². The molecule has 0 bridgehead atoms. The molecule has 7 heteroatoms. The van der Waals surface area contributed by atoms with Crippen molar-refractivity contribution < 1.29 is 9.50 Å². The van der Waals surface area contributed by atoms with Crippen molar-refractivity contribution in [1.82, 2.24) is 14.8 Å². The van der Waals surface area contributed by atoms with Crippen LogP contribution in [0.1, 0.15) is 17.2 Å². The van der Waals surface area contributed by atoms with Crippen molar-refractivity contribution in [3.8, 4) is 0 Å². The highest BCUT2D eigenvalue weighted by Gasteiger charge is 2.41. The van der Waals surface area contributed by atoms with Crippen LogP contribution in [-0.4, -0.2) is 26.1 Å². The van der Waals surface area contributed by atoms with Gasteiger partial charge in [0, 0.05) is 10.6 Å². The van der Waals surface area contributed by atoms with Gasteiger partial charge in [-0.1, -0.05) is 41.9 Å². The average Bonchev–Trinajstić information content (AvgIpc) is 3.13. The molecule has 0 radical (unpaired) electrons. The fourth-order valence-corrected chi connectivity index (χ4v) is 4.09. The number of hydrogen-bond donors (Lipinski definition) is 1. The topological polar surface area (TPSA) is 50.9 Å². The van der Waals surface area contributed by atoms with Crippen LogP contribution in [0.5, 0.6) is 0 Å². The Morgan fingerprint density at radius 3 is 2.56 bits per heavy atom. The van der Waals surface area contributed by atoms with Gasteiger partial charge in [-0.25, -0.2) is 9.37 Å². The smallest absolute Gasteiger partial charge is 0.137 e. The first-order valence-corrected chi connectivity index (χ1v) is 9.23. The molecule has 1 heterocycles. The van der Waals surface area contributed by atoms with Gasteiger partial charge in [-0.05, 0) is 30.0 Å². The zero-order chi connectivity index (χ0) is 17.9. The monoisotopic (exact) mass is 377 g/mol. The number of thioether (sulfide) groups is 1. The van der Waals surface area contributed by atoms with E-state index in [1.165, 1.54) is 30.2 Å². The molecular weight excluding hydrogens is 361 g/mol. The fraction of sp³-hybridized carbons (Fsp3) is 0.222. The van der Waals surface area contributed by atoms with Crippen LogP contribution in [-0.2, 0) is 11.3 Å². The van der Waals surface area contributed by atoms with Crippen molar-refractivity contribution in [2.75, 3.05) is 6.26 Å². The predicted octanol–water partition coefficient (Wildman–Crippen LogP) is 4.06. The highest BCUT2D eigenvalue weighted by Crippen LogP contribution is 2.48. The lowest BCUT2D eigenvalue weighted by atomic mass is 9.87. The van der Waals surface area contributed by atoms with E-state index in [0.29, 0.717) is 17.1 Å². The number of halogens is 2. The third-order valence-corrected chi connectivity index (χ3v) is 5.86. The number of aliphatic hydroxyl groups excluding tert-OH is 1. The molecule has 3 rings (SSSR count). The largest absolute Gasteiger partial charge is 0.386 e. The molecule has 25 heavy (non-hydrogen) atoms. The summed E-state index contributed by atoms with van der Waals surface area (Å²) in [6.07, 6.45) is 4.01. The van der Waals surface area contributed by atoms with Gasteiger partial charge in [0.1, 0.15) is 24.6 Å². The minimum absolute atomic E-state index is 0.327. The van der Waals surface area contributed by atoms with Gasteiger partial charge in [0.05, 0.1) is 11.3 Å². The van der Waals surface area contributed by atoms with E-state index in [4.69, 9.17) is 11.6 Å². The lowest BCUT2D eigenvalue weighted by Gasteiger charge is -2.37. The van der Waals surface area contributed by atoms with E-state index in [9.17, 15) is 9.50 Å². The Bertz CT molecular complexity index is 829. The molecule has 0 aliphatic carbocycles. The van der Waals surface area contributed by atoms with E-state index in [-0.39, 0.29) is 5.82 Å². The molecule has 130 valence electrons. The first-order chi connectivity index (χ1) is 12.1. The molecule has 2 atom stereocenters. The summed E-state index contributed by atoms with van der Waals surface area (Å²) in [5, 5.41) is 15.9. The van der Waals surface area contributed by atoms with E-state index in [2.05, 4.69) is 10.1 Å². The molecule has 0 saturated carbocycles. The molecule has 0 saturated heterocycles. The lowest BCUT2D eigenvalue weighted by Crippen LogP contribution is -2.35. The SMILES string of the molecule is CSC(Cn1cncn1)(c1ccc(F)cc1)C(O)c1ccccc1Cl. The standard InChI is InChI=1S/C18H17ClFN3OS/c1-25-18(10-23-12-21-11-22-23,13-6-8-14(20)9-7-13)17(24)15-4-2-3-5-16(15)19/h2-9,11-12,17,24H,10H2,1H3. The second-order valence-corrected chi connectivity index (χ2v) is 7.16. The van der Waals surface area contributed by atoms with Gasteiger partial charge in [0.2, 0.25) is 0 Å². The molecule has 0 spiro atoms. The van der Waals surface area contributed by atoms with Gasteiger partial charge in [-0.3, -0.25) is 4.68 Å². The predicted molar refractivity (Wildman–Crippen MR) is 98.0 cm³/mol. The summed E-state index contributed by atoms with van der Waals surface area (Å²) in [6.45, 7) is 0.353. The van der Waals surface area contributed by atoms with E-state index in [1.54, 1.807) is 35.3 Å². The minimum Gasteiger partial charge on any atom is -0.386 e. The van der Waals surface area contributed by atoms with Crippen molar-refractivity contribution in [1.29, 1.82) is 0 Å². The van der Waals surface area contributed by atoms with E-state index in [1.807, 2.05) is 18.4 Å². The van der Waals surface area contributed by atoms with Crippen molar-refractivity contribution in [2.24, 2.45) is 0 Å². The molecule has 3 aromatic rings. The van der Waals surface area contributed by atoms with Crippen LogP contribution in [0.3, 0.4) is 0 Å². The number of hydrogen-bond acceptors (Lipinski definition) is 4. The Hall–Kier alpha value is -1.89. The molecule has 2 unspecified atom stereocenters. The van der Waals surface area contributed by atoms with Crippen LogP contribution in [0.15, 0.2) is 61.2 Å². The van der Waals surface area contributed by atoms with Crippen molar-refractivity contribution in [3.63, 3.8) is 0 Å². The lowest BCUT2D eigenvalue weighted by molar-refractivity contribution is 0.116. The van der Waals surface area contributed by atoms with Crippen LogP contribution in [0, 0.1) is 5.82 Å². The summed E-state index contributed by atoms with van der Waals surface area (Å²) < 4.78 is 14.3. The Morgan fingerprint density at radius 1 is 1.24 bits per heavy atom. The number of aliphatic hydroxyl groups is 1. The van der Waals surface area contributed by atoms with Gasteiger partial charge in [-0.15, -0.1) is 11.8 Å². The van der Waals surface area contributed by atoms with Gasteiger partial charge in [-0.2, -0.15) is 5.10 Å². The summed E-state index contributed by atoms with van der Waals surface area (Å²) in [5.74, 6) is -0.327. The molecule has 4 nitrogen and oxygen atoms in total. The molecule has 0 aliphatic rings. The number of benzene rings is 2. The number of rotatable bonds is 6. The zero-order valence-electron chi connectivity index (χ0n) is 13.5. The van der Waals surface area contributed by atoms with E-state index >= 15 is 0 Å². The Kier molecular flexibility index (Phi) is 5.42. The number of nitrogens with zero attached hydrogens (tertiary/aromatic N) is 3. The second kappa shape index (κ2) is 7.56. The van der Waals surface area contributed by atoms with E-state index in [0.717, 1.165) is 5.56 Å². The van der Waals surface area contributed by atoms with Crippen LogP contribution in [0.25, 0.3) is 0 Å². The second-order valence-electron chi connectivity index (χ2n) is 5.62. The third-order valence-electron chi connectivity index (χ3n) is 4.20. The minimum atomic E-state index is -0.925. The summed E-state index contributed by atoms with van der Waals surface area (Å²) in [4.78, 5) is 3.97. The molecular formula is C18H17ClFN3OS. The first-order valence-electron chi connectivity index (χ1n) is 7.63. The molecule has 1 aromatic heterocycles. The highest BCUT2D eigenvalue weighted by atomic mass is 35.5. The average molecular weight is 378 g/mol. The van der Waals surface area contributed by atoms with Crippen molar-refractivity contribution >= 4 is 23.4 Å². The maximum absolute atomic E-state index is 13.4. The molecule has 0 aliphatic heterocycles. The normalized spacial score (nSPS) is 14.9. The summed E-state index contributed by atoms with van der Waals surface area (Å²) in [5.41, 5.74) is 1.40. The van der Waals surface area contributed by atoms with Crippen LogP contribution in [0.2, 0.25) is 5.02 Å². The van der Waals surface area contributed by atoms with Gasteiger partial charge < -0.3 is 5.11 Å². The first kappa shape index (κ1) is 17.9. The van der Waals surface area contributed by atoms with Crippen molar-refractivity contribution in [3.05, 3.63) is 83.2 Å². The highest BCUT2D eigenvalue weighted by molar-refractivity contribution is 7.99. The third kappa shape index (κ3) is 3.56. The summed E-state index contributed by atoms with van der Waals surface area (Å²) in [6, 6.07) is 13.3. The van der Waals surface area contributed by atoms with Gasteiger partial charge in [0.15, 0.2) is 0 Å². The maximum atomic E-state index is 13.4. The van der Waals surface area contributed by atoms with Crippen LogP contribution < -0.4 is 0 Å². The van der Waals surface area contributed by atoms with Gasteiger partial charge in [0.25, 0.3) is 0 Å². The Morgan fingerprint density at radius 2 is 1.96 bits per heavy atom. The molecule has 0 fully saturated rings. The summed E-state index contributed by atoms with van der Waals surface area (Å²) in [7, 11) is 0. The zero-order valence-corrected chi connectivity index (χ0v) is 15.1. The fourth-order valence-electron chi connectivity index (χ4n) is 2.86. The quantitative estimate of drug-likeness (QED) is 0.703. The van der Waals surface area contributed by atoms with Gasteiger partial charge >= 0.3 is 0 Å². The molecule has 1 N–H and O–H groups in total. The molecule has 2 aromatic carbocycles. The van der Waals surface area contributed by atoms with Crippen LogP contribution >= 0.6 is 23.4 Å². The molecule has 0 amide bonds. The van der Waals surface area contributed by atoms with E-state index < -0.39 is 10.9 Å². The Labute approximate surface area is 154 Å². The van der Waals surface area contributed by atoms with Crippen molar-refractivity contribution in [2.45, 2.75) is 17.4 Å². The number of aromatic nitrogens is 3. The summed E-state index contributed by atoms with van der Waals surface area (Å²) >= 11 is 7.78. The maximum Gasteiger partial charge on any atom is 0.137 e.